The van der Waals surface area contributed by atoms with Crippen LogP contribution in [0.25, 0.3) is 10.8 Å². The molecule has 0 amide bonds. The number of aliphatic imine (C=N–C) groups is 1. The van der Waals surface area contributed by atoms with Crippen molar-refractivity contribution in [3.05, 3.63) is 65.0 Å². The number of aryl methyl sites for hydroxylation is 2. The summed E-state index contributed by atoms with van der Waals surface area (Å²) in [5, 5.41) is 16.7. The van der Waals surface area contributed by atoms with Gasteiger partial charge in [0.2, 0.25) is 16.0 Å². The number of aromatic nitrogens is 1. The van der Waals surface area contributed by atoms with Gasteiger partial charge in [0.25, 0.3) is 0 Å². The van der Waals surface area contributed by atoms with Gasteiger partial charge < -0.3 is 5.32 Å². The van der Waals surface area contributed by atoms with Gasteiger partial charge in [-0.05, 0) is 73.9 Å². The molecular formula is C28H32N6O2S. The SMILES string of the molecule is Cc1ccc(NC(=NC2CCc3cc(S(=O)(=O)NCC(C)C)c4cc(C5CC5)ncc4c32)NC#N)cc1. The highest BCUT2D eigenvalue weighted by molar-refractivity contribution is 7.89. The van der Waals surface area contributed by atoms with Gasteiger partial charge in [0.1, 0.15) is 0 Å². The number of fused-ring (bicyclic) bond motifs is 3. The Morgan fingerprint density at radius 3 is 2.59 bits per heavy atom. The zero-order valence-electron chi connectivity index (χ0n) is 21.4. The molecule has 0 spiro atoms. The predicted molar refractivity (Wildman–Crippen MR) is 146 cm³/mol. The van der Waals surface area contributed by atoms with Crippen molar-refractivity contribution < 1.29 is 8.42 Å². The van der Waals surface area contributed by atoms with Crippen LogP contribution in [0, 0.1) is 24.3 Å². The van der Waals surface area contributed by atoms with Crippen LogP contribution in [-0.2, 0) is 16.4 Å². The van der Waals surface area contributed by atoms with Crippen LogP contribution >= 0.6 is 0 Å². The lowest BCUT2D eigenvalue weighted by Gasteiger charge is -2.17. The van der Waals surface area contributed by atoms with Crippen LogP contribution < -0.4 is 15.4 Å². The molecule has 1 aromatic heterocycles. The summed E-state index contributed by atoms with van der Waals surface area (Å²) in [7, 11) is -3.70. The van der Waals surface area contributed by atoms with Crippen molar-refractivity contribution in [1.82, 2.24) is 15.0 Å². The minimum absolute atomic E-state index is 0.199. The topological polar surface area (TPSA) is 119 Å². The molecule has 3 aromatic rings. The highest BCUT2D eigenvalue weighted by Crippen LogP contribution is 2.44. The number of hydrogen-bond donors (Lipinski definition) is 3. The van der Waals surface area contributed by atoms with Crippen LogP contribution in [0.15, 0.2) is 52.5 Å². The van der Waals surface area contributed by atoms with Crippen LogP contribution in [0.5, 0.6) is 0 Å². The van der Waals surface area contributed by atoms with Crippen LogP contribution in [0.3, 0.4) is 0 Å². The molecule has 2 aliphatic rings. The lowest BCUT2D eigenvalue weighted by molar-refractivity contribution is 0.561. The van der Waals surface area contributed by atoms with Gasteiger partial charge in [-0.1, -0.05) is 31.5 Å². The first kappa shape index (κ1) is 25.2. The standard InChI is InChI=1S/C28H32N6O2S/c1-17(2)14-32-37(35,36)26-12-20-8-11-24(27(20)23-15-30-25(13-22(23)26)19-6-7-19)34-28(31-16-29)33-21-9-4-18(3)5-10-21/h4-5,9-10,12-13,15,17,19,24,32H,6-8,11,14H2,1-3H3,(H2,31,33,34). The minimum Gasteiger partial charge on any atom is -0.326 e. The van der Waals surface area contributed by atoms with Gasteiger partial charge >= 0.3 is 0 Å². The first-order valence-electron chi connectivity index (χ1n) is 12.8. The Morgan fingerprint density at radius 2 is 1.92 bits per heavy atom. The number of guanidine groups is 1. The number of nitrogens with one attached hydrogen (secondary N) is 3. The van der Waals surface area contributed by atoms with Crippen LogP contribution in [0.4, 0.5) is 5.69 Å². The Hall–Kier alpha value is -3.48. The van der Waals surface area contributed by atoms with Crippen molar-refractivity contribution in [3.63, 3.8) is 0 Å². The van der Waals surface area contributed by atoms with Crippen LogP contribution in [-0.4, -0.2) is 25.9 Å². The number of anilines is 1. The predicted octanol–water partition coefficient (Wildman–Crippen LogP) is 4.88. The second-order valence-electron chi connectivity index (χ2n) is 10.4. The molecule has 2 aliphatic carbocycles. The van der Waals surface area contributed by atoms with Gasteiger partial charge in [-0.3, -0.25) is 10.3 Å². The number of nitrogens with zero attached hydrogens (tertiary/aromatic N) is 3. The number of pyridine rings is 1. The molecular weight excluding hydrogens is 484 g/mol. The molecule has 0 saturated heterocycles. The summed E-state index contributed by atoms with van der Waals surface area (Å²) in [6.45, 7) is 6.36. The van der Waals surface area contributed by atoms with E-state index in [1.54, 1.807) is 0 Å². The van der Waals surface area contributed by atoms with E-state index < -0.39 is 10.0 Å². The van der Waals surface area contributed by atoms with Crippen molar-refractivity contribution in [2.24, 2.45) is 10.9 Å². The zero-order valence-corrected chi connectivity index (χ0v) is 22.2. The Labute approximate surface area is 218 Å². The molecule has 1 heterocycles. The Morgan fingerprint density at radius 1 is 1.16 bits per heavy atom. The molecule has 8 nitrogen and oxygen atoms in total. The molecule has 1 fully saturated rings. The summed E-state index contributed by atoms with van der Waals surface area (Å²) in [5.41, 5.74) is 4.84. The van der Waals surface area contributed by atoms with E-state index in [-0.39, 0.29) is 12.0 Å². The quantitative estimate of drug-likeness (QED) is 0.178. The number of sulfonamides is 1. The molecule has 1 saturated carbocycles. The largest absolute Gasteiger partial charge is 0.326 e. The molecule has 0 aliphatic heterocycles. The third kappa shape index (κ3) is 5.45. The highest BCUT2D eigenvalue weighted by Gasteiger charge is 2.32. The van der Waals surface area contributed by atoms with Crippen LogP contribution in [0.1, 0.15) is 67.5 Å². The Kier molecular flexibility index (Phi) is 6.88. The van der Waals surface area contributed by atoms with Crippen molar-refractivity contribution in [2.45, 2.75) is 63.3 Å². The molecule has 37 heavy (non-hydrogen) atoms. The Bertz CT molecular complexity index is 1500. The smallest absolute Gasteiger partial charge is 0.241 e. The van der Waals surface area contributed by atoms with E-state index in [0.29, 0.717) is 41.5 Å². The summed E-state index contributed by atoms with van der Waals surface area (Å²) < 4.78 is 29.6. The normalized spacial score (nSPS) is 17.6. The fraction of sp³-hybridized carbons (Fsp3) is 0.393. The highest BCUT2D eigenvalue weighted by atomic mass is 32.2. The van der Waals surface area contributed by atoms with E-state index in [0.717, 1.165) is 46.3 Å². The van der Waals surface area contributed by atoms with E-state index in [9.17, 15) is 13.7 Å². The minimum atomic E-state index is -3.70. The Balaban J connectivity index is 1.59. The fourth-order valence-corrected chi connectivity index (χ4v) is 6.26. The second-order valence-corrected chi connectivity index (χ2v) is 12.1. The molecule has 1 atom stereocenters. The molecule has 0 bridgehead atoms. The van der Waals surface area contributed by atoms with Gasteiger partial charge in [-0.25, -0.2) is 18.1 Å². The van der Waals surface area contributed by atoms with Crippen molar-refractivity contribution >= 4 is 32.4 Å². The lowest BCUT2D eigenvalue weighted by atomic mass is 9.99. The van der Waals surface area contributed by atoms with E-state index in [4.69, 9.17) is 9.98 Å². The van der Waals surface area contributed by atoms with E-state index in [1.165, 1.54) is 0 Å². The molecule has 5 rings (SSSR count). The van der Waals surface area contributed by atoms with Crippen LogP contribution in [0.2, 0.25) is 0 Å². The summed E-state index contributed by atoms with van der Waals surface area (Å²) in [4.78, 5) is 9.91. The summed E-state index contributed by atoms with van der Waals surface area (Å²) in [5.74, 6) is 0.955. The first-order valence-corrected chi connectivity index (χ1v) is 14.2. The molecule has 9 heteroatoms. The monoisotopic (exact) mass is 516 g/mol. The maximum absolute atomic E-state index is 13.4. The number of hydrogen-bond acceptors (Lipinski definition) is 5. The summed E-state index contributed by atoms with van der Waals surface area (Å²) in [6, 6.07) is 11.4. The summed E-state index contributed by atoms with van der Waals surface area (Å²) >= 11 is 0. The number of rotatable bonds is 7. The van der Waals surface area contributed by atoms with E-state index in [1.807, 2.05) is 69.6 Å². The maximum atomic E-state index is 13.4. The van der Waals surface area contributed by atoms with E-state index in [2.05, 4.69) is 15.4 Å². The lowest BCUT2D eigenvalue weighted by Crippen LogP contribution is -2.28. The molecule has 2 aromatic carbocycles. The molecule has 0 radical (unpaired) electrons. The van der Waals surface area contributed by atoms with Gasteiger partial charge in [0.05, 0.1) is 10.9 Å². The average Bonchev–Trinajstić information content (AvgIpc) is 3.64. The van der Waals surface area contributed by atoms with Crippen molar-refractivity contribution in [1.29, 1.82) is 5.26 Å². The molecule has 1 unspecified atom stereocenters. The second kappa shape index (κ2) is 10.1. The van der Waals surface area contributed by atoms with Gasteiger partial charge in [0, 0.05) is 40.8 Å². The molecule has 3 N–H and O–H groups in total. The van der Waals surface area contributed by atoms with Gasteiger partial charge in [0.15, 0.2) is 6.19 Å². The number of nitriles is 1. The van der Waals surface area contributed by atoms with Gasteiger partial charge in [-0.2, -0.15) is 5.26 Å². The average molecular weight is 517 g/mol. The van der Waals surface area contributed by atoms with Crippen molar-refractivity contribution in [3.8, 4) is 6.19 Å². The maximum Gasteiger partial charge on any atom is 0.241 e. The zero-order chi connectivity index (χ0) is 26.2. The first-order chi connectivity index (χ1) is 17.7. The third-order valence-corrected chi connectivity index (χ3v) is 8.36. The third-order valence-electron chi connectivity index (χ3n) is 6.89. The molecule has 192 valence electrons. The number of benzene rings is 2. The van der Waals surface area contributed by atoms with Gasteiger partial charge in [-0.15, -0.1) is 0 Å². The van der Waals surface area contributed by atoms with E-state index >= 15 is 0 Å². The fourth-order valence-electron chi connectivity index (χ4n) is 4.80. The summed E-state index contributed by atoms with van der Waals surface area (Å²) in [6.07, 6.45) is 7.36. The van der Waals surface area contributed by atoms with Crippen molar-refractivity contribution in [2.75, 3.05) is 11.9 Å².